The lowest BCUT2D eigenvalue weighted by atomic mass is 9.88. The molecule has 6 heteroatoms. The van der Waals surface area contributed by atoms with Crippen LogP contribution in [0, 0.1) is 5.92 Å². The lowest BCUT2D eigenvalue weighted by Crippen LogP contribution is -2.41. The average molecular weight is 421 g/mol. The molecule has 2 aromatic rings. The van der Waals surface area contributed by atoms with Crippen molar-refractivity contribution in [3.05, 3.63) is 58.3 Å². The predicted molar refractivity (Wildman–Crippen MR) is 118 cm³/mol. The monoisotopic (exact) mass is 420 g/mol. The average Bonchev–Trinajstić information content (AvgIpc) is 3.18. The van der Waals surface area contributed by atoms with Crippen molar-refractivity contribution in [3.63, 3.8) is 0 Å². The summed E-state index contributed by atoms with van der Waals surface area (Å²) in [6.45, 7) is 3.55. The smallest absolute Gasteiger partial charge is 0.223 e. The zero-order valence-corrected chi connectivity index (χ0v) is 18.1. The van der Waals surface area contributed by atoms with Crippen LogP contribution in [0.5, 0.6) is 0 Å². The van der Waals surface area contributed by atoms with Gasteiger partial charge in [-0.05, 0) is 63.0 Å². The second-order valence-electron chi connectivity index (χ2n) is 8.23. The van der Waals surface area contributed by atoms with Crippen LogP contribution in [0.1, 0.15) is 43.6 Å². The third kappa shape index (κ3) is 9.07. The summed E-state index contributed by atoms with van der Waals surface area (Å²) < 4.78 is 14.0. The quantitative estimate of drug-likeness (QED) is 0.488. The van der Waals surface area contributed by atoms with Gasteiger partial charge in [0.15, 0.2) is 0 Å². The van der Waals surface area contributed by atoms with Gasteiger partial charge >= 0.3 is 0 Å². The number of halogens is 1. The van der Waals surface area contributed by atoms with Gasteiger partial charge in [0, 0.05) is 23.4 Å². The van der Waals surface area contributed by atoms with Crippen molar-refractivity contribution in [3.8, 4) is 0 Å². The molecule has 0 fully saturated rings. The van der Waals surface area contributed by atoms with Gasteiger partial charge in [-0.2, -0.15) is 0 Å². The van der Waals surface area contributed by atoms with Gasteiger partial charge < -0.3 is 16.2 Å². The number of rotatable bonds is 12. The summed E-state index contributed by atoms with van der Waals surface area (Å²) in [6, 6.07) is 13.3. The summed E-state index contributed by atoms with van der Waals surface area (Å²) in [7, 11) is 0. The molecule has 0 aliphatic heterocycles. The van der Waals surface area contributed by atoms with Crippen LogP contribution >= 0.6 is 11.3 Å². The SMILES string of the molecule is CC(C)(F)CC[C@H](C[C@H](O)[C@@H](N)Cc1ccccc1)C(=O)NCCc1cccs1. The normalized spacial score (nSPS) is 14.9. The number of nitrogens with one attached hydrogen (secondary N) is 1. The largest absolute Gasteiger partial charge is 0.391 e. The van der Waals surface area contributed by atoms with Crippen molar-refractivity contribution >= 4 is 17.2 Å². The minimum absolute atomic E-state index is 0.142. The van der Waals surface area contributed by atoms with Gasteiger partial charge in [-0.1, -0.05) is 36.4 Å². The molecule has 0 saturated carbocycles. The fourth-order valence-electron chi connectivity index (χ4n) is 3.27. The molecular weight excluding hydrogens is 387 g/mol. The molecule has 2 rings (SSSR count). The van der Waals surface area contributed by atoms with Crippen LogP contribution in [0.25, 0.3) is 0 Å². The minimum atomic E-state index is -1.35. The lowest BCUT2D eigenvalue weighted by molar-refractivity contribution is -0.126. The summed E-state index contributed by atoms with van der Waals surface area (Å²) in [6.07, 6.45) is 1.34. The number of aliphatic hydroxyl groups excluding tert-OH is 1. The van der Waals surface area contributed by atoms with E-state index in [1.807, 2.05) is 47.8 Å². The Hall–Kier alpha value is -1.76. The predicted octanol–water partition coefficient (Wildman–Crippen LogP) is 3.87. The first-order valence-electron chi connectivity index (χ1n) is 10.2. The van der Waals surface area contributed by atoms with E-state index < -0.39 is 23.7 Å². The summed E-state index contributed by atoms with van der Waals surface area (Å²) in [5.41, 5.74) is 5.88. The maximum Gasteiger partial charge on any atom is 0.223 e. The number of carbonyl (C=O) groups is 1. The molecule has 0 aliphatic rings. The van der Waals surface area contributed by atoms with Crippen LogP contribution in [0.4, 0.5) is 4.39 Å². The van der Waals surface area contributed by atoms with E-state index in [1.165, 1.54) is 18.7 Å². The van der Waals surface area contributed by atoms with Gasteiger partial charge in [0.05, 0.1) is 6.10 Å². The third-order valence-corrected chi connectivity index (χ3v) is 5.98. The van der Waals surface area contributed by atoms with Crippen molar-refractivity contribution < 1.29 is 14.3 Å². The van der Waals surface area contributed by atoms with Gasteiger partial charge in [0.2, 0.25) is 5.91 Å². The number of nitrogens with two attached hydrogens (primary N) is 1. The zero-order valence-electron chi connectivity index (χ0n) is 17.3. The number of aliphatic hydroxyl groups is 1. The van der Waals surface area contributed by atoms with Crippen LogP contribution in [0.2, 0.25) is 0 Å². The van der Waals surface area contributed by atoms with Crippen LogP contribution < -0.4 is 11.1 Å². The molecule has 1 amide bonds. The van der Waals surface area contributed by atoms with E-state index >= 15 is 0 Å². The molecule has 1 aromatic carbocycles. The molecule has 0 aliphatic carbocycles. The van der Waals surface area contributed by atoms with Gasteiger partial charge in [0.1, 0.15) is 5.67 Å². The standard InChI is InChI=1S/C23H33FN2O2S/c1-23(2,24)12-10-18(22(28)26-13-11-19-9-6-14-29-19)16-21(27)20(25)15-17-7-4-3-5-8-17/h3-9,14,18,20-21,27H,10-13,15-16,25H2,1-2H3,(H,26,28)/t18-,20+,21+/m1/s1. The molecule has 0 spiro atoms. The van der Waals surface area contributed by atoms with Crippen molar-refractivity contribution in [2.75, 3.05) is 6.54 Å². The molecule has 1 aromatic heterocycles. The molecule has 0 bridgehead atoms. The van der Waals surface area contributed by atoms with E-state index in [-0.39, 0.29) is 18.7 Å². The Bertz CT molecular complexity index is 716. The van der Waals surface area contributed by atoms with E-state index in [9.17, 15) is 14.3 Å². The van der Waals surface area contributed by atoms with Gasteiger partial charge in [0.25, 0.3) is 0 Å². The van der Waals surface area contributed by atoms with Gasteiger partial charge in [-0.25, -0.2) is 4.39 Å². The molecule has 0 radical (unpaired) electrons. The van der Waals surface area contributed by atoms with Crippen LogP contribution in [-0.2, 0) is 17.6 Å². The number of carbonyl (C=O) groups excluding carboxylic acids is 1. The van der Waals surface area contributed by atoms with Crippen LogP contribution in [0.15, 0.2) is 47.8 Å². The number of benzene rings is 1. The highest BCUT2D eigenvalue weighted by Gasteiger charge is 2.28. The Labute approximate surface area is 177 Å². The third-order valence-electron chi connectivity index (χ3n) is 5.04. The molecule has 4 N–H and O–H groups in total. The van der Waals surface area contributed by atoms with E-state index in [4.69, 9.17) is 5.73 Å². The van der Waals surface area contributed by atoms with E-state index in [1.54, 1.807) is 11.3 Å². The molecule has 3 atom stereocenters. The van der Waals surface area contributed by atoms with Crippen molar-refractivity contribution in [2.24, 2.45) is 11.7 Å². The Morgan fingerprint density at radius 1 is 1.24 bits per heavy atom. The summed E-state index contributed by atoms with van der Waals surface area (Å²) in [4.78, 5) is 13.9. The summed E-state index contributed by atoms with van der Waals surface area (Å²) in [5, 5.41) is 15.6. The topological polar surface area (TPSA) is 75.3 Å². The Kier molecular flexibility index (Phi) is 9.27. The highest BCUT2D eigenvalue weighted by molar-refractivity contribution is 7.09. The van der Waals surface area contributed by atoms with Crippen LogP contribution in [0.3, 0.4) is 0 Å². The fourth-order valence-corrected chi connectivity index (χ4v) is 3.98. The van der Waals surface area contributed by atoms with Crippen molar-refractivity contribution in [1.29, 1.82) is 0 Å². The molecule has 4 nitrogen and oxygen atoms in total. The second kappa shape index (κ2) is 11.4. The molecule has 160 valence electrons. The van der Waals surface area contributed by atoms with Crippen molar-refractivity contribution in [2.45, 2.75) is 63.8 Å². The summed E-state index contributed by atoms with van der Waals surface area (Å²) >= 11 is 1.65. The van der Waals surface area contributed by atoms with E-state index in [2.05, 4.69) is 5.32 Å². The number of alkyl halides is 1. The lowest BCUT2D eigenvalue weighted by Gasteiger charge is -2.25. The Morgan fingerprint density at radius 3 is 2.59 bits per heavy atom. The Balaban J connectivity index is 1.91. The molecule has 0 saturated heterocycles. The molecule has 29 heavy (non-hydrogen) atoms. The van der Waals surface area contributed by atoms with E-state index in [0.717, 1.165) is 12.0 Å². The first-order valence-corrected chi connectivity index (χ1v) is 11.1. The first kappa shape index (κ1) is 23.5. The number of amides is 1. The second-order valence-corrected chi connectivity index (χ2v) is 9.26. The highest BCUT2D eigenvalue weighted by atomic mass is 32.1. The number of thiophene rings is 1. The number of hydrogen-bond acceptors (Lipinski definition) is 4. The highest BCUT2D eigenvalue weighted by Crippen LogP contribution is 2.24. The molecular formula is C23H33FN2O2S. The summed E-state index contributed by atoms with van der Waals surface area (Å²) in [5.74, 6) is -0.609. The fraction of sp³-hybridized carbons (Fsp3) is 0.522. The van der Waals surface area contributed by atoms with Crippen LogP contribution in [-0.4, -0.2) is 35.4 Å². The van der Waals surface area contributed by atoms with Gasteiger partial charge in [-0.15, -0.1) is 11.3 Å². The maximum atomic E-state index is 14.0. The van der Waals surface area contributed by atoms with E-state index in [0.29, 0.717) is 19.4 Å². The molecule has 1 heterocycles. The van der Waals surface area contributed by atoms with Gasteiger partial charge in [-0.3, -0.25) is 4.79 Å². The first-order chi connectivity index (χ1) is 13.7. The zero-order chi connectivity index (χ0) is 21.3. The maximum absolute atomic E-state index is 14.0. The minimum Gasteiger partial charge on any atom is -0.391 e. The Morgan fingerprint density at radius 2 is 1.97 bits per heavy atom. The molecule has 0 unspecified atom stereocenters. The van der Waals surface area contributed by atoms with Crippen molar-refractivity contribution in [1.82, 2.24) is 5.32 Å². The number of hydrogen-bond donors (Lipinski definition) is 3.